The Hall–Kier alpha value is -4.38. The highest BCUT2D eigenvalue weighted by Crippen LogP contribution is 2.32. The molecule has 0 aliphatic carbocycles. The number of para-hydroxylation sites is 1. The fraction of sp³-hybridized carbons (Fsp3) is 0.300. The first kappa shape index (κ1) is 29.6. The van der Waals surface area contributed by atoms with Crippen molar-refractivity contribution in [2.75, 3.05) is 12.4 Å². The zero-order valence-electron chi connectivity index (χ0n) is 23.7. The third-order valence-electron chi connectivity index (χ3n) is 6.54. The van der Waals surface area contributed by atoms with Crippen molar-refractivity contribution in [1.29, 1.82) is 0 Å². The molecule has 0 aliphatic rings. The summed E-state index contributed by atoms with van der Waals surface area (Å²) in [6.45, 7) is 8.48. The predicted molar refractivity (Wildman–Crippen MR) is 161 cm³/mol. The lowest BCUT2D eigenvalue weighted by Crippen LogP contribution is -2.30. The van der Waals surface area contributed by atoms with Gasteiger partial charge in [0.2, 0.25) is 0 Å². The molecule has 4 rings (SSSR count). The second kappa shape index (κ2) is 13.3. The minimum atomic E-state index is -0.443. The van der Waals surface area contributed by atoms with Gasteiger partial charge in [-0.1, -0.05) is 69.8 Å². The summed E-state index contributed by atoms with van der Waals surface area (Å²) in [5, 5.41) is 26.5. The van der Waals surface area contributed by atoms with Crippen LogP contribution in [-0.4, -0.2) is 32.8 Å². The summed E-state index contributed by atoms with van der Waals surface area (Å²) in [7, 11) is 1.62. The van der Waals surface area contributed by atoms with Crippen molar-refractivity contribution >= 4 is 29.2 Å². The van der Waals surface area contributed by atoms with Crippen LogP contribution in [-0.2, 0) is 12.3 Å². The molecule has 2 amide bonds. The number of anilines is 1. The average molecular weight is 575 g/mol. The van der Waals surface area contributed by atoms with E-state index in [2.05, 4.69) is 48.5 Å². The molecule has 2 N–H and O–H groups in total. The van der Waals surface area contributed by atoms with Crippen LogP contribution >= 0.6 is 11.8 Å². The minimum Gasteiger partial charge on any atom is -0.497 e. The Balaban J connectivity index is 1.58. The van der Waals surface area contributed by atoms with E-state index in [1.54, 1.807) is 23.8 Å². The van der Waals surface area contributed by atoms with E-state index in [1.807, 2.05) is 42.5 Å². The first-order valence-corrected chi connectivity index (χ1v) is 14.3. The van der Waals surface area contributed by atoms with Gasteiger partial charge >= 0.3 is 6.03 Å². The van der Waals surface area contributed by atoms with Gasteiger partial charge in [0.1, 0.15) is 5.75 Å². The number of hydrogen-bond donors (Lipinski definition) is 2. The topological polar surface area (TPSA) is 124 Å². The van der Waals surface area contributed by atoms with Crippen LogP contribution in [0.3, 0.4) is 0 Å². The molecule has 0 atom stereocenters. The van der Waals surface area contributed by atoms with Gasteiger partial charge in [-0.15, -0.1) is 10.2 Å². The molecule has 0 saturated heterocycles. The van der Waals surface area contributed by atoms with E-state index in [9.17, 15) is 14.9 Å². The number of nitro groups is 1. The van der Waals surface area contributed by atoms with E-state index in [0.717, 1.165) is 28.1 Å². The number of benzene rings is 3. The Morgan fingerprint density at radius 3 is 2.27 bits per heavy atom. The number of amides is 2. The van der Waals surface area contributed by atoms with E-state index in [4.69, 9.17) is 4.74 Å². The molecule has 3 aromatic carbocycles. The number of nitrogens with zero attached hydrogens (tertiary/aromatic N) is 4. The molecule has 1 heterocycles. The Bertz CT molecular complexity index is 1490. The lowest BCUT2D eigenvalue weighted by Gasteiger charge is -2.20. The first-order valence-electron chi connectivity index (χ1n) is 13.3. The summed E-state index contributed by atoms with van der Waals surface area (Å²) in [4.78, 5) is 23.9. The number of hydrogen-bond acceptors (Lipinski definition) is 7. The Labute approximate surface area is 243 Å². The summed E-state index contributed by atoms with van der Waals surface area (Å²) in [5.74, 6) is 2.32. The number of ether oxygens (including phenoxy) is 1. The van der Waals surface area contributed by atoms with Crippen LogP contribution in [0.5, 0.6) is 5.75 Å². The van der Waals surface area contributed by atoms with Gasteiger partial charge in [-0.05, 0) is 52.8 Å². The Morgan fingerprint density at radius 1 is 1.00 bits per heavy atom. The maximum atomic E-state index is 13.1. The molecule has 0 radical (unpaired) electrons. The first-order chi connectivity index (χ1) is 19.7. The quantitative estimate of drug-likeness (QED) is 0.112. The standard InChI is InChI=1S/C30H34N6O4S/c1-19(2)25-10-7-11-26(20(3)4)28(25)32-29(37)31-17-27-33-34-30(41-18-21-8-6-9-24(16-21)40-5)35(27)22-12-14-23(15-13-22)36(38)39/h6-16,19-20H,17-18H2,1-5H3,(H2,31,32,37). The van der Waals surface area contributed by atoms with Gasteiger partial charge in [0.25, 0.3) is 5.69 Å². The smallest absolute Gasteiger partial charge is 0.319 e. The van der Waals surface area contributed by atoms with E-state index in [1.165, 1.54) is 23.9 Å². The van der Waals surface area contributed by atoms with E-state index in [0.29, 0.717) is 22.4 Å². The molecule has 4 aromatic rings. The zero-order chi connectivity index (χ0) is 29.5. The summed E-state index contributed by atoms with van der Waals surface area (Å²) in [6.07, 6.45) is 0. The van der Waals surface area contributed by atoms with Crippen molar-refractivity contribution in [1.82, 2.24) is 20.1 Å². The SMILES string of the molecule is COc1cccc(CSc2nnc(CNC(=O)Nc3c(C(C)C)cccc3C(C)C)n2-c2ccc([N+](=O)[O-])cc2)c1. The van der Waals surface area contributed by atoms with Gasteiger partial charge in [0.05, 0.1) is 18.6 Å². The molecule has 0 aliphatic heterocycles. The molecule has 0 spiro atoms. The predicted octanol–water partition coefficient (Wildman–Crippen LogP) is 7.04. The summed E-state index contributed by atoms with van der Waals surface area (Å²) in [6, 6.07) is 19.6. The second-order valence-electron chi connectivity index (χ2n) is 10.1. The van der Waals surface area contributed by atoms with E-state index >= 15 is 0 Å². The zero-order valence-corrected chi connectivity index (χ0v) is 24.6. The number of nitro benzene ring substituents is 1. The normalized spacial score (nSPS) is 11.1. The lowest BCUT2D eigenvalue weighted by atomic mass is 9.93. The minimum absolute atomic E-state index is 0.0174. The van der Waals surface area contributed by atoms with Crippen LogP contribution in [0.15, 0.2) is 71.9 Å². The van der Waals surface area contributed by atoms with Crippen LogP contribution in [0.1, 0.15) is 62.0 Å². The van der Waals surface area contributed by atoms with Gasteiger partial charge in [-0.25, -0.2) is 4.79 Å². The molecule has 1 aromatic heterocycles. The highest BCUT2D eigenvalue weighted by molar-refractivity contribution is 7.98. The van der Waals surface area contributed by atoms with Gasteiger partial charge in [-0.2, -0.15) is 0 Å². The molecule has 214 valence electrons. The molecule has 41 heavy (non-hydrogen) atoms. The highest BCUT2D eigenvalue weighted by Gasteiger charge is 2.19. The fourth-order valence-corrected chi connectivity index (χ4v) is 5.33. The maximum absolute atomic E-state index is 13.1. The average Bonchev–Trinajstić information content (AvgIpc) is 3.37. The van der Waals surface area contributed by atoms with Crippen molar-refractivity contribution in [2.24, 2.45) is 0 Å². The third-order valence-corrected chi connectivity index (χ3v) is 7.54. The van der Waals surface area contributed by atoms with Crippen molar-refractivity contribution in [3.63, 3.8) is 0 Å². The monoisotopic (exact) mass is 574 g/mol. The fourth-order valence-electron chi connectivity index (χ4n) is 4.41. The number of nitrogens with one attached hydrogen (secondary N) is 2. The Kier molecular flexibility index (Phi) is 9.61. The van der Waals surface area contributed by atoms with Crippen molar-refractivity contribution in [3.05, 3.63) is 99.4 Å². The third kappa shape index (κ3) is 7.23. The molecule has 10 nitrogen and oxygen atoms in total. The number of methoxy groups -OCH3 is 1. The molecule has 0 fully saturated rings. The number of rotatable bonds is 11. The van der Waals surface area contributed by atoms with Crippen molar-refractivity contribution in [2.45, 2.75) is 57.0 Å². The maximum Gasteiger partial charge on any atom is 0.319 e. The summed E-state index contributed by atoms with van der Waals surface area (Å²) >= 11 is 1.46. The van der Waals surface area contributed by atoms with Crippen LogP contribution < -0.4 is 15.4 Å². The van der Waals surface area contributed by atoms with Gasteiger partial charge in [0.15, 0.2) is 11.0 Å². The van der Waals surface area contributed by atoms with Gasteiger partial charge in [-0.3, -0.25) is 14.7 Å². The van der Waals surface area contributed by atoms with Crippen molar-refractivity contribution < 1.29 is 14.5 Å². The number of carbonyl (C=O) groups is 1. The van der Waals surface area contributed by atoms with Crippen LogP contribution in [0, 0.1) is 10.1 Å². The second-order valence-corrected chi connectivity index (χ2v) is 11.0. The lowest BCUT2D eigenvalue weighted by molar-refractivity contribution is -0.384. The number of aromatic nitrogens is 3. The largest absolute Gasteiger partial charge is 0.497 e. The Morgan fingerprint density at radius 2 is 1.66 bits per heavy atom. The number of non-ortho nitro benzene ring substituents is 1. The van der Waals surface area contributed by atoms with E-state index < -0.39 is 4.92 Å². The number of thioether (sulfide) groups is 1. The molecular formula is C30H34N6O4S. The summed E-state index contributed by atoms with van der Waals surface area (Å²) in [5.41, 5.74) is 4.63. The van der Waals surface area contributed by atoms with Crippen molar-refractivity contribution in [3.8, 4) is 11.4 Å². The van der Waals surface area contributed by atoms with Gasteiger partial charge < -0.3 is 15.4 Å². The molecule has 11 heteroatoms. The summed E-state index contributed by atoms with van der Waals surface area (Å²) < 4.78 is 7.13. The molecule has 0 saturated carbocycles. The number of urea groups is 1. The van der Waals surface area contributed by atoms with E-state index in [-0.39, 0.29) is 30.1 Å². The highest BCUT2D eigenvalue weighted by atomic mass is 32.2. The number of carbonyl (C=O) groups excluding carboxylic acids is 1. The van der Waals surface area contributed by atoms with Gasteiger partial charge in [0, 0.05) is 29.3 Å². The van der Waals surface area contributed by atoms with Crippen LogP contribution in [0.2, 0.25) is 0 Å². The molecule has 0 unspecified atom stereocenters. The molecule has 0 bridgehead atoms. The molecular weight excluding hydrogens is 540 g/mol. The van der Waals surface area contributed by atoms with Crippen LogP contribution in [0.25, 0.3) is 5.69 Å². The van der Waals surface area contributed by atoms with Crippen LogP contribution in [0.4, 0.5) is 16.2 Å².